The summed E-state index contributed by atoms with van der Waals surface area (Å²) in [5.74, 6) is -0.339. The van der Waals surface area contributed by atoms with Crippen molar-refractivity contribution in [2.45, 2.75) is 6.92 Å². The second kappa shape index (κ2) is 8.32. The molecule has 0 unspecified atom stereocenters. The highest BCUT2D eigenvalue weighted by Gasteiger charge is 2.20. The van der Waals surface area contributed by atoms with Gasteiger partial charge in [-0.05, 0) is 71.5 Å². The van der Waals surface area contributed by atoms with E-state index in [-0.39, 0.29) is 5.82 Å². The zero-order valence-electron chi connectivity index (χ0n) is 17.4. The maximum atomic E-state index is 14.2. The van der Waals surface area contributed by atoms with Gasteiger partial charge in [-0.15, -0.1) is 11.3 Å². The summed E-state index contributed by atoms with van der Waals surface area (Å²) in [6.07, 6.45) is 0.797. The standard InChI is InChI=1S/C27H16ClFN2OS/c1-15-9-21(23(28)11-18(15)14-32)16-3-2-4-17(10-16)27-26(20-7-8-33-25(20)13-30)22-12-19(29)5-6-24(22)31-27/h2-12,14,31H,1H3. The van der Waals surface area contributed by atoms with Crippen LogP contribution >= 0.6 is 22.9 Å². The van der Waals surface area contributed by atoms with Gasteiger partial charge in [0, 0.05) is 38.2 Å². The number of nitrogens with one attached hydrogen (secondary N) is 1. The van der Waals surface area contributed by atoms with Crippen LogP contribution in [0.2, 0.25) is 5.02 Å². The van der Waals surface area contributed by atoms with Crippen molar-refractivity contribution in [1.82, 2.24) is 4.98 Å². The van der Waals surface area contributed by atoms with Gasteiger partial charge >= 0.3 is 0 Å². The molecule has 33 heavy (non-hydrogen) atoms. The number of hydrogen-bond acceptors (Lipinski definition) is 3. The molecule has 0 aliphatic carbocycles. The number of rotatable bonds is 4. The zero-order chi connectivity index (χ0) is 23.1. The van der Waals surface area contributed by atoms with Gasteiger partial charge in [0.05, 0.1) is 5.69 Å². The van der Waals surface area contributed by atoms with Crippen LogP contribution in [0.3, 0.4) is 0 Å². The number of benzene rings is 3. The van der Waals surface area contributed by atoms with Gasteiger partial charge in [0.25, 0.3) is 0 Å². The second-order valence-electron chi connectivity index (χ2n) is 7.73. The van der Waals surface area contributed by atoms with Crippen molar-refractivity contribution in [2.24, 2.45) is 0 Å². The van der Waals surface area contributed by atoms with Crippen LogP contribution in [0.1, 0.15) is 20.8 Å². The molecular weight excluding hydrogens is 455 g/mol. The summed E-state index contributed by atoms with van der Waals surface area (Å²) in [5.41, 5.74) is 7.12. The van der Waals surface area contributed by atoms with Crippen molar-refractivity contribution >= 4 is 40.1 Å². The van der Waals surface area contributed by atoms with Crippen molar-refractivity contribution < 1.29 is 9.18 Å². The molecule has 0 aliphatic heterocycles. The van der Waals surface area contributed by atoms with Crippen LogP contribution in [0.25, 0.3) is 44.4 Å². The van der Waals surface area contributed by atoms with Crippen molar-refractivity contribution in [1.29, 1.82) is 5.26 Å². The fourth-order valence-corrected chi connectivity index (χ4v) is 5.11. The first-order valence-electron chi connectivity index (χ1n) is 10.2. The van der Waals surface area contributed by atoms with Crippen LogP contribution in [-0.2, 0) is 0 Å². The molecule has 0 saturated carbocycles. The molecule has 1 N–H and O–H groups in total. The molecule has 0 fully saturated rings. The van der Waals surface area contributed by atoms with Crippen molar-refractivity contribution in [3.05, 3.63) is 92.9 Å². The number of aryl methyl sites for hydroxylation is 1. The monoisotopic (exact) mass is 470 g/mol. The number of hydrogen-bond donors (Lipinski definition) is 1. The Hall–Kier alpha value is -3.72. The van der Waals surface area contributed by atoms with E-state index in [1.807, 2.05) is 48.7 Å². The summed E-state index contributed by atoms with van der Waals surface area (Å²) in [6.45, 7) is 1.87. The topological polar surface area (TPSA) is 56.6 Å². The Morgan fingerprint density at radius 3 is 2.67 bits per heavy atom. The first-order valence-corrected chi connectivity index (χ1v) is 11.4. The molecule has 3 nitrogen and oxygen atoms in total. The number of nitriles is 1. The second-order valence-corrected chi connectivity index (χ2v) is 9.05. The molecule has 3 aromatic carbocycles. The van der Waals surface area contributed by atoms with Gasteiger partial charge in [0.1, 0.15) is 23.0 Å². The van der Waals surface area contributed by atoms with Gasteiger partial charge in [0.15, 0.2) is 0 Å². The van der Waals surface area contributed by atoms with E-state index >= 15 is 0 Å². The summed E-state index contributed by atoms with van der Waals surface area (Å²) in [7, 11) is 0. The molecule has 0 bridgehead atoms. The molecule has 5 aromatic rings. The zero-order valence-corrected chi connectivity index (χ0v) is 19.0. The smallest absolute Gasteiger partial charge is 0.150 e. The fraction of sp³-hybridized carbons (Fsp3) is 0.0370. The lowest BCUT2D eigenvalue weighted by molar-refractivity contribution is 0.112. The van der Waals surface area contributed by atoms with Crippen LogP contribution in [-0.4, -0.2) is 11.3 Å². The van der Waals surface area contributed by atoms with Crippen molar-refractivity contribution in [3.63, 3.8) is 0 Å². The van der Waals surface area contributed by atoms with Gasteiger partial charge in [-0.3, -0.25) is 4.79 Å². The Morgan fingerprint density at radius 2 is 1.88 bits per heavy atom. The van der Waals surface area contributed by atoms with E-state index in [9.17, 15) is 14.4 Å². The minimum Gasteiger partial charge on any atom is -0.354 e. The van der Waals surface area contributed by atoms with Crippen LogP contribution < -0.4 is 0 Å². The van der Waals surface area contributed by atoms with Gasteiger partial charge in [-0.1, -0.05) is 29.8 Å². The van der Waals surface area contributed by atoms with Gasteiger partial charge in [-0.2, -0.15) is 5.26 Å². The lowest BCUT2D eigenvalue weighted by Crippen LogP contribution is -1.90. The van der Waals surface area contributed by atoms with Crippen LogP contribution in [0.15, 0.2) is 66.0 Å². The number of carbonyl (C=O) groups is 1. The Morgan fingerprint density at radius 1 is 1.06 bits per heavy atom. The molecule has 6 heteroatoms. The van der Waals surface area contributed by atoms with Crippen LogP contribution in [0, 0.1) is 24.1 Å². The minimum absolute atomic E-state index is 0.339. The molecule has 0 amide bonds. The lowest BCUT2D eigenvalue weighted by atomic mass is 9.95. The number of halogens is 2. The van der Waals surface area contributed by atoms with E-state index < -0.39 is 0 Å². The number of carbonyl (C=O) groups excluding carboxylic acids is 1. The average molecular weight is 471 g/mol. The van der Waals surface area contributed by atoms with Crippen LogP contribution in [0.5, 0.6) is 0 Å². The number of aromatic amines is 1. The van der Waals surface area contributed by atoms with E-state index in [1.165, 1.54) is 23.5 Å². The highest BCUT2D eigenvalue weighted by molar-refractivity contribution is 7.11. The van der Waals surface area contributed by atoms with Crippen molar-refractivity contribution in [2.75, 3.05) is 0 Å². The Balaban J connectivity index is 1.75. The number of aldehydes is 1. The van der Waals surface area contributed by atoms with Crippen molar-refractivity contribution in [3.8, 4) is 39.6 Å². The van der Waals surface area contributed by atoms with E-state index in [4.69, 9.17) is 11.6 Å². The predicted octanol–water partition coefficient (Wildman–Crippen LogP) is 8.02. The number of H-pyrrole nitrogens is 1. The summed E-state index contributed by atoms with van der Waals surface area (Å²) >= 11 is 7.86. The Bertz CT molecular complexity index is 1590. The fourth-order valence-electron chi connectivity index (χ4n) is 4.14. The summed E-state index contributed by atoms with van der Waals surface area (Å²) in [6, 6.07) is 20.2. The third-order valence-corrected chi connectivity index (χ3v) is 6.87. The van der Waals surface area contributed by atoms with Gasteiger partial charge in [-0.25, -0.2) is 4.39 Å². The molecule has 0 spiro atoms. The molecule has 0 saturated heterocycles. The maximum absolute atomic E-state index is 14.2. The highest BCUT2D eigenvalue weighted by Crippen LogP contribution is 2.42. The summed E-state index contributed by atoms with van der Waals surface area (Å²) < 4.78 is 14.2. The Kier molecular flexibility index (Phi) is 5.33. The summed E-state index contributed by atoms with van der Waals surface area (Å²) in [4.78, 5) is 15.3. The van der Waals surface area contributed by atoms with E-state index in [1.54, 1.807) is 12.1 Å². The molecule has 2 heterocycles. The molecular formula is C27H16ClFN2OS. The minimum atomic E-state index is -0.339. The molecule has 0 aliphatic rings. The first-order chi connectivity index (χ1) is 16.0. The normalized spacial score (nSPS) is 11.0. The third-order valence-electron chi connectivity index (χ3n) is 5.74. The first kappa shape index (κ1) is 21.1. The quantitative estimate of drug-likeness (QED) is 0.270. The molecule has 5 rings (SSSR count). The average Bonchev–Trinajstić information content (AvgIpc) is 3.44. The maximum Gasteiger partial charge on any atom is 0.150 e. The number of nitrogens with zero attached hydrogens (tertiary/aromatic N) is 1. The van der Waals surface area contributed by atoms with Crippen LogP contribution in [0.4, 0.5) is 4.39 Å². The summed E-state index contributed by atoms with van der Waals surface area (Å²) in [5, 5.41) is 12.7. The molecule has 2 aromatic heterocycles. The SMILES string of the molecule is Cc1cc(-c2cccc(-c3[nH]c4ccc(F)cc4c3-c3ccsc3C#N)c2)c(Cl)cc1C=O. The highest BCUT2D eigenvalue weighted by atomic mass is 35.5. The van der Waals surface area contributed by atoms with E-state index in [0.717, 1.165) is 56.3 Å². The number of thiophene rings is 1. The predicted molar refractivity (Wildman–Crippen MR) is 132 cm³/mol. The number of aromatic nitrogens is 1. The molecule has 0 atom stereocenters. The third kappa shape index (κ3) is 3.64. The molecule has 160 valence electrons. The van der Waals surface area contributed by atoms with Gasteiger partial charge in [0.2, 0.25) is 0 Å². The number of fused-ring (bicyclic) bond motifs is 1. The van der Waals surface area contributed by atoms with E-state index in [2.05, 4.69) is 11.1 Å². The largest absolute Gasteiger partial charge is 0.354 e. The molecule has 0 radical (unpaired) electrons. The van der Waals surface area contributed by atoms with Gasteiger partial charge < -0.3 is 4.98 Å². The lowest BCUT2D eigenvalue weighted by Gasteiger charge is -2.11. The Labute approximate surface area is 198 Å². The van der Waals surface area contributed by atoms with E-state index in [0.29, 0.717) is 15.5 Å².